The zero-order valence-corrected chi connectivity index (χ0v) is 21.6. The first-order valence-corrected chi connectivity index (χ1v) is 12.9. The minimum absolute atomic E-state index is 0.124. The molecule has 3 fully saturated rings. The molecule has 2 aromatic carbocycles. The molecule has 1 aliphatic heterocycles. The lowest BCUT2D eigenvalue weighted by molar-refractivity contribution is -0.140. The van der Waals surface area contributed by atoms with Gasteiger partial charge in [-0.1, -0.05) is 35.9 Å². The molecule has 4 aliphatic carbocycles. The van der Waals surface area contributed by atoms with Gasteiger partial charge in [-0.15, -0.1) is 0 Å². The standard InChI is InChI=1S/C27H24BrClN2O4/c1-13-20(10-9-19(28)24(13)29)30(25(32)16-5-3-4-6-21(16)35-2)12-31-26(33)22-14-7-8-15(18-11-17(14)18)23(22)27(31)34/h3-10,14-15,17-18,22-23H,11-12H2,1-2H3. The molecule has 1 heterocycles. The smallest absolute Gasteiger partial charge is 0.263 e. The van der Waals surface area contributed by atoms with E-state index in [0.717, 1.165) is 6.42 Å². The van der Waals surface area contributed by atoms with Crippen LogP contribution in [0, 0.1) is 42.4 Å². The van der Waals surface area contributed by atoms with E-state index in [1.165, 1.54) is 16.9 Å². The van der Waals surface area contributed by atoms with Crippen LogP contribution in [0.2, 0.25) is 5.02 Å². The number of nitrogens with zero attached hydrogens (tertiary/aromatic N) is 2. The maximum Gasteiger partial charge on any atom is 0.263 e. The Balaban J connectivity index is 1.40. The van der Waals surface area contributed by atoms with Gasteiger partial charge in [0, 0.05) is 4.47 Å². The zero-order chi connectivity index (χ0) is 24.6. The summed E-state index contributed by atoms with van der Waals surface area (Å²) in [5.41, 5.74) is 1.55. The Morgan fingerprint density at radius 2 is 1.71 bits per heavy atom. The number of hydrogen-bond donors (Lipinski definition) is 0. The van der Waals surface area contributed by atoms with Crippen molar-refractivity contribution in [3.8, 4) is 5.75 Å². The van der Waals surface area contributed by atoms with Crippen LogP contribution in [0.25, 0.3) is 0 Å². The first kappa shape index (κ1) is 22.8. The van der Waals surface area contributed by atoms with Crippen molar-refractivity contribution in [2.24, 2.45) is 35.5 Å². The summed E-state index contributed by atoms with van der Waals surface area (Å²) in [6.07, 6.45) is 5.39. The first-order chi connectivity index (χ1) is 16.8. The monoisotopic (exact) mass is 554 g/mol. The number of rotatable bonds is 5. The third-order valence-corrected chi connectivity index (χ3v) is 9.60. The van der Waals surface area contributed by atoms with E-state index in [0.29, 0.717) is 43.9 Å². The van der Waals surface area contributed by atoms with Crippen molar-refractivity contribution in [1.29, 1.82) is 0 Å². The largest absolute Gasteiger partial charge is 0.496 e. The number of ether oxygens (including phenoxy) is 1. The second kappa shape index (κ2) is 8.20. The molecule has 7 rings (SSSR count). The van der Waals surface area contributed by atoms with Crippen LogP contribution in [-0.4, -0.2) is 36.4 Å². The Kier molecular flexibility index (Phi) is 5.34. The highest BCUT2D eigenvalue weighted by Gasteiger charge is 2.67. The molecular formula is C27H24BrClN2O4. The van der Waals surface area contributed by atoms with Crippen molar-refractivity contribution >= 4 is 50.9 Å². The minimum atomic E-state index is -0.372. The summed E-state index contributed by atoms with van der Waals surface area (Å²) >= 11 is 9.94. The van der Waals surface area contributed by atoms with Gasteiger partial charge in [-0.25, -0.2) is 0 Å². The lowest BCUT2D eigenvalue weighted by Gasteiger charge is -2.37. The molecule has 3 amide bonds. The van der Waals surface area contributed by atoms with Gasteiger partial charge in [0.25, 0.3) is 5.91 Å². The van der Waals surface area contributed by atoms with E-state index in [9.17, 15) is 14.4 Å². The number of anilines is 1. The maximum absolute atomic E-state index is 13.9. The molecule has 8 heteroatoms. The van der Waals surface area contributed by atoms with Crippen molar-refractivity contribution in [3.63, 3.8) is 0 Å². The van der Waals surface area contributed by atoms with E-state index >= 15 is 0 Å². The molecule has 180 valence electrons. The van der Waals surface area contributed by atoms with Crippen LogP contribution in [0.1, 0.15) is 22.3 Å². The van der Waals surface area contributed by atoms with Gasteiger partial charge in [0.1, 0.15) is 12.4 Å². The summed E-state index contributed by atoms with van der Waals surface area (Å²) in [5, 5.41) is 0.468. The lowest BCUT2D eigenvalue weighted by Crippen LogP contribution is -2.45. The molecule has 6 nitrogen and oxygen atoms in total. The second-order valence-corrected chi connectivity index (χ2v) is 11.1. The molecule has 0 spiro atoms. The van der Waals surface area contributed by atoms with Crippen molar-refractivity contribution in [1.82, 2.24) is 4.90 Å². The molecule has 2 aromatic rings. The van der Waals surface area contributed by atoms with Crippen molar-refractivity contribution in [3.05, 3.63) is 69.2 Å². The molecule has 2 saturated carbocycles. The van der Waals surface area contributed by atoms with Crippen LogP contribution in [0.5, 0.6) is 5.75 Å². The Bertz CT molecular complexity index is 1270. The second-order valence-electron chi connectivity index (χ2n) is 9.84. The number of likely N-dealkylation sites (tertiary alicyclic amines) is 1. The van der Waals surface area contributed by atoms with Gasteiger partial charge >= 0.3 is 0 Å². The van der Waals surface area contributed by atoms with Gasteiger partial charge < -0.3 is 4.74 Å². The number of halogens is 2. The van der Waals surface area contributed by atoms with Crippen molar-refractivity contribution < 1.29 is 19.1 Å². The van der Waals surface area contributed by atoms with E-state index in [2.05, 4.69) is 28.1 Å². The van der Waals surface area contributed by atoms with E-state index < -0.39 is 0 Å². The Morgan fingerprint density at radius 1 is 1.09 bits per heavy atom. The first-order valence-electron chi connectivity index (χ1n) is 11.8. The van der Waals surface area contributed by atoms with Gasteiger partial charge in [0.05, 0.1) is 35.2 Å². The van der Waals surface area contributed by atoms with Gasteiger partial charge in [0.2, 0.25) is 11.8 Å². The van der Waals surface area contributed by atoms with Crippen LogP contribution in [-0.2, 0) is 9.59 Å². The number of hydrogen-bond acceptors (Lipinski definition) is 4. The molecule has 0 aromatic heterocycles. The molecule has 5 aliphatic rings. The average molecular weight is 556 g/mol. The number of imide groups is 1. The molecule has 6 unspecified atom stereocenters. The van der Waals surface area contributed by atoms with Gasteiger partial charge in [-0.3, -0.25) is 24.2 Å². The third kappa shape index (κ3) is 3.31. The number of benzene rings is 2. The molecule has 0 radical (unpaired) electrons. The zero-order valence-electron chi connectivity index (χ0n) is 19.3. The molecule has 35 heavy (non-hydrogen) atoms. The molecule has 2 bridgehead atoms. The van der Waals surface area contributed by atoms with Gasteiger partial charge in [0.15, 0.2) is 0 Å². The fourth-order valence-electron chi connectivity index (χ4n) is 6.45. The number of amides is 3. The summed E-state index contributed by atoms with van der Waals surface area (Å²) in [4.78, 5) is 43.9. The predicted molar refractivity (Wildman–Crippen MR) is 135 cm³/mol. The molecule has 6 atom stereocenters. The summed E-state index contributed by atoms with van der Waals surface area (Å²) in [7, 11) is 1.50. The topological polar surface area (TPSA) is 66.9 Å². The minimum Gasteiger partial charge on any atom is -0.496 e. The Hall–Kier alpha value is -2.64. The van der Waals surface area contributed by atoms with Crippen LogP contribution >= 0.6 is 27.5 Å². The molecule has 1 saturated heterocycles. The summed E-state index contributed by atoms with van der Waals surface area (Å²) < 4.78 is 6.13. The highest BCUT2D eigenvalue weighted by Crippen LogP contribution is 2.65. The number of para-hydroxylation sites is 1. The van der Waals surface area contributed by atoms with E-state index in [-0.39, 0.29) is 48.1 Å². The van der Waals surface area contributed by atoms with Crippen molar-refractivity contribution in [2.45, 2.75) is 13.3 Å². The highest BCUT2D eigenvalue weighted by atomic mass is 79.9. The number of methoxy groups -OCH3 is 1. The molecular weight excluding hydrogens is 532 g/mol. The molecule has 0 N–H and O–H groups in total. The number of carbonyl (C=O) groups is 3. The van der Waals surface area contributed by atoms with Crippen molar-refractivity contribution in [2.75, 3.05) is 18.7 Å². The average Bonchev–Trinajstić information content (AvgIpc) is 3.66. The quantitative estimate of drug-likeness (QED) is 0.381. The SMILES string of the molecule is COc1ccccc1C(=O)N(CN1C(=O)C2C3C=CC(C4CC34)C2C1=O)c1ccc(Br)c(Cl)c1C. The summed E-state index contributed by atoms with van der Waals surface area (Å²) in [6, 6.07) is 10.5. The maximum atomic E-state index is 13.9. The predicted octanol–water partition coefficient (Wildman–Crippen LogP) is 5.08. The van der Waals surface area contributed by atoms with Crippen LogP contribution < -0.4 is 9.64 Å². The number of allylic oxidation sites excluding steroid dienone is 2. The van der Waals surface area contributed by atoms with E-state index in [4.69, 9.17) is 16.3 Å². The summed E-state index contributed by atoms with van der Waals surface area (Å²) in [5.74, 6) is 0.327. The Morgan fingerprint density at radius 3 is 2.34 bits per heavy atom. The summed E-state index contributed by atoms with van der Waals surface area (Å²) in [6.45, 7) is 1.64. The van der Waals surface area contributed by atoms with Crippen LogP contribution in [0.3, 0.4) is 0 Å². The normalized spacial score (nSPS) is 29.8. The van der Waals surface area contributed by atoms with E-state index in [1.54, 1.807) is 36.4 Å². The fourth-order valence-corrected chi connectivity index (χ4v) is 7.04. The third-order valence-electron chi connectivity index (χ3n) is 8.22. The fraction of sp³-hybridized carbons (Fsp3) is 0.370. The van der Waals surface area contributed by atoms with Crippen LogP contribution in [0.4, 0.5) is 5.69 Å². The highest BCUT2D eigenvalue weighted by molar-refractivity contribution is 9.10. The van der Waals surface area contributed by atoms with E-state index in [1.807, 2.05) is 6.92 Å². The van der Waals surface area contributed by atoms with Gasteiger partial charge in [-0.2, -0.15) is 0 Å². The van der Waals surface area contributed by atoms with Crippen LogP contribution in [0.15, 0.2) is 53.0 Å². The lowest BCUT2D eigenvalue weighted by atomic mass is 9.63. The van der Waals surface area contributed by atoms with Gasteiger partial charge in [-0.05, 0) is 82.8 Å². The number of carbonyl (C=O) groups excluding carboxylic acids is 3. The Labute approximate surface area is 217 Å².